The van der Waals surface area contributed by atoms with Crippen LogP contribution in [0.4, 0.5) is 0 Å². The van der Waals surface area contributed by atoms with Gasteiger partial charge in [-0.15, -0.1) is 6.42 Å². The van der Waals surface area contributed by atoms with Gasteiger partial charge in [0.25, 0.3) is 0 Å². The molecule has 0 fully saturated rings. The summed E-state index contributed by atoms with van der Waals surface area (Å²) in [5.74, 6) is 1.84. The molecule has 5 rings (SSSR count). The van der Waals surface area contributed by atoms with Crippen LogP contribution in [0.15, 0.2) is 107 Å². The third-order valence-corrected chi connectivity index (χ3v) is 7.60. The van der Waals surface area contributed by atoms with Gasteiger partial charge in [-0.3, -0.25) is 4.79 Å². The van der Waals surface area contributed by atoms with Crippen molar-refractivity contribution in [3.05, 3.63) is 113 Å². The lowest BCUT2D eigenvalue weighted by Gasteiger charge is -2.37. The highest BCUT2D eigenvalue weighted by atomic mass is 16.5. The smallest absolute Gasteiger partial charge is 0.337 e. The van der Waals surface area contributed by atoms with Crippen LogP contribution >= 0.6 is 0 Å². The molecule has 7 nitrogen and oxygen atoms in total. The van der Waals surface area contributed by atoms with Crippen molar-refractivity contribution in [3.8, 4) is 18.1 Å². The fraction of sp³-hybridized carbons (Fsp3) is 0.206. The number of nitrogens with one attached hydrogen (secondary N) is 2. The number of dihydropyridines is 1. The highest BCUT2D eigenvalue weighted by Gasteiger charge is 2.42. The van der Waals surface area contributed by atoms with Crippen molar-refractivity contribution >= 4 is 28.4 Å². The minimum atomic E-state index is -0.617. The Bertz CT molecular complexity index is 1710. The lowest BCUT2D eigenvalue weighted by atomic mass is 9.71. The number of benzene rings is 2. The van der Waals surface area contributed by atoms with Gasteiger partial charge in [0.15, 0.2) is 5.78 Å². The Balaban J connectivity index is 1.57. The standard InChI is InChI=1S/C34H31N3O4/c1-6-20(3)36-23(7-2)19-41-34(39)31-21(4)37-28-17-22(24-11-8-9-14-30(24)40-5)18-29(38)33(28)32(31)26-12-10-13-27-25(26)15-16-35-27/h1,7-16,22,32,35,37H,2-3,17-19H2,4-5H3/t22-,32-/m1/s1. The number of para-hydroxylation sites is 1. The van der Waals surface area contributed by atoms with E-state index in [1.54, 1.807) is 7.11 Å². The fourth-order valence-electron chi connectivity index (χ4n) is 5.77. The van der Waals surface area contributed by atoms with Gasteiger partial charge in [-0.05, 0) is 48.7 Å². The van der Waals surface area contributed by atoms with E-state index in [2.05, 4.69) is 34.4 Å². The van der Waals surface area contributed by atoms with Crippen molar-refractivity contribution in [1.82, 2.24) is 10.3 Å². The predicted molar refractivity (Wildman–Crippen MR) is 160 cm³/mol. The molecule has 0 saturated heterocycles. The Hall–Kier alpha value is -5.09. The van der Waals surface area contributed by atoms with Crippen LogP contribution in [0.5, 0.6) is 5.75 Å². The number of aromatic nitrogens is 1. The van der Waals surface area contributed by atoms with Gasteiger partial charge >= 0.3 is 5.97 Å². The minimum absolute atomic E-state index is 0.0244. The zero-order valence-electron chi connectivity index (χ0n) is 23.1. The molecule has 2 heterocycles. The number of ketones is 1. The molecule has 3 aromatic rings. The van der Waals surface area contributed by atoms with Gasteiger partial charge in [-0.25, -0.2) is 9.79 Å². The van der Waals surface area contributed by atoms with E-state index in [1.165, 1.54) is 6.08 Å². The van der Waals surface area contributed by atoms with Crippen molar-refractivity contribution in [2.75, 3.05) is 13.7 Å². The number of aliphatic imine (C=N–C) groups is 1. The molecule has 1 aliphatic heterocycles. The quantitative estimate of drug-likeness (QED) is 0.210. The van der Waals surface area contributed by atoms with E-state index in [-0.39, 0.29) is 24.0 Å². The first kappa shape index (κ1) is 27.5. The number of H-pyrrole nitrogens is 1. The summed E-state index contributed by atoms with van der Waals surface area (Å²) >= 11 is 0. The van der Waals surface area contributed by atoms with Gasteiger partial charge in [-0.2, -0.15) is 0 Å². The zero-order valence-corrected chi connectivity index (χ0v) is 23.1. The van der Waals surface area contributed by atoms with Gasteiger partial charge < -0.3 is 19.8 Å². The van der Waals surface area contributed by atoms with Gasteiger partial charge in [0.05, 0.1) is 18.4 Å². The summed E-state index contributed by atoms with van der Waals surface area (Å²) in [5.41, 5.74) is 5.73. The van der Waals surface area contributed by atoms with E-state index in [1.807, 2.05) is 61.7 Å². The Labute approximate surface area is 239 Å². The molecule has 41 heavy (non-hydrogen) atoms. The number of carbonyl (C=O) groups is 2. The summed E-state index contributed by atoms with van der Waals surface area (Å²) in [4.78, 5) is 35.2. The summed E-state index contributed by atoms with van der Waals surface area (Å²) in [5, 5.41) is 4.33. The summed E-state index contributed by atoms with van der Waals surface area (Å²) in [6.07, 6.45) is 9.58. The van der Waals surface area contributed by atoms with Crippen molar-refractivity contribution in [1.29, 1.82) is 0 Å². The van der Waals surface area contributed by atoms with Crippen LogP contribution in [0.1, 0.15) is 42.7 Å². The second kappa shape index (κ2) is 11.6. The maximum absolute atomic E-state index is 14.0. The first-order valence-electron chi connectivity index (χ1n) is 13.3. The molecule has 2 aliphatic rings. The number of fused-ring (bicyclic) bond motifs is 1. The van der Waals surface area contributed by atoms with Crippen molar-refractivity contribution in [2.24, 2.45) is 4.99 Å². The molecule has 0 spiro atoms. The Morgan fingerprint density at radius 1 is 1.17 bits per heavy atom. The fourth-order valence-corrected chi connectivity index (χ4v) is 5.77. The molecule has 2 atom stereocenters. The number of hydrogen-bond acceptors (Lipinski definition) is 6. The molecule has 0 amide bonds. The lowest BCUT2D eigenvalue weighted by molar-refractivity contribution is -0.137. The molecule has 0 unspecified atom stereocenters. The SMILES string of the molecule is C#CC(=C)N=C(C=C)COC(=O)C1=C(C)NC2=C(C(=O)C[C@H](c3ccccc3OC)C2)[C@@H]1c1cccc2[nH]ccc12. The van der Waals surface area contributed by atoms with Gasteiger partial charge in [-0.1, -0.05) is 49.4 Å². The van der Waals surface area contributed by atoms with E-state index in [4.69, 9.17) is 15.9 Å². The maximum Gasteiger partial charge on any atom is 0.337 e. The van der Waals surface area contributed by atoms with E-state index >= 15 is 0 Å². The summed E-state index contributed by atoms with van der Waals surface area (Å²) in [6, 6.07) is 15.6. The summed E-state index contributed by atoms with van der Waals surface area (Å²) in [6.45, 7) is 9.10. The first-order valence-corrected chi connectivity index (χ1v) is 13.3. The highest BCUT2D eigenvalue weighted by Crippen LogP contribution is 2.48. The van der Waals surface area contributed by atoms with E-state index < -0.39 is 11.9 Å². The number of aromatic amines is 1. The Kier molecular flexibility index (Phi) is 7.75. The third-order valence-electron chi connectivity index (χ3n) is 7.60. The average molecular weight is 546 g/mol. The van der Waals surface area contributed by atoms with Crippen LogP contribution in [-0.4, -0.2) is 36.2 Å². The lowest BCUT2D eigenvalue weighted by Crippen LogP contribution is -2.36. The van der Waals surface area contributed by atoms with Crippen molar-refractivity contribution in [3.63, 3.8) is 0 Å². The second-order valence-electron chi connectivity index (χ2n) is 10.0. The normalized spacial score (nSPS) is 18.9. The molecule has 7 heteroatoms. The minimum Gasteiger partial charge on any atom is -0.496 e. The third kappa shape index (κ3) is 5.24. The molecule has 0 saturated carbocycles. The largest absolute Gasteiger partial charge is 0.496 e. The van der Waals surface area contributed by atoms with Crippen LogP contribution in [0.2, 0.25) is 0 Å². The number of methoxy groups -OCH3 is 1. The van der Waals surface area contributed by atoms with E-state index in [9.17, 15) is 9.59 Å². The topological polar surface area (TPSA) is 92.8 Å². The Morgan fingerprint density at radius 3 is 2.71 bits per heavy atom. The number of nitrogens with zero attached hydrogens (tertiary/aromatic N) is 1. The highest BCUT2D eigenvalue weighted by molar-refractivity contribution is 6.06. The van der Waals surface area contributed by atoms with Gasteiger partial charge in [0, 0.05) is 52.3 Å². The predicted octanol–water partition coefficient (Wildman–Crippen LogP) is 5.86. The number of terminal acetylenes is 1. The number of Topliss-reactive ketones (excluding diaryl/α,β-unsaturated/α-hetero) is 1. The Morgan fingerprint density at radius 2 is 1.95 bits per heavy atom. The molecule has 1 aliphatic carbocycles. The van der Waals surface area contributed by atoms with Crippen molar-refractivity contribution in [2.45, 2.75) is 31.6 Å². The number of allylic oxidation sites excluding steroid dienone is 4. The molecule has 1 aromatic heterocycles. The van der Waals surface area contributed by atoms with Crippen LogP contribution < -0.4 is 10.1 Å². The number of carbonyl (C=O) groups excluding carboxylic acids is 2. The molecule has 2 aromatic carbocycles. The molecule has 0 radical (unpaired) electrons. The molecule has 206 valence electrons. The van der Waals surface area contributed by atoms with Gasteiger partial charge in [0.2, 0.25) is 0 Å². The number of esters is 1. The number of rotatable bonds is 8. The monoisotopic (exact) mass is 545 g/mol. The summed E-state index contributed by atoms with van der Waals surface area (Å²) in [7, 11) is 1.64. The average Bonchev–Trinajstić information content (AvgIpc) is 3.47. The maximum atomic E-state index is 14.0. The van der Waals surface area contributed by atoms with Crippen LogP contribution in [0.25, 0.3) is 10.9 Å². The van der Waals surface area contributed by atoms with E-state index in [0.717, 1.165) is 33.5 Å². The molecule has 2 N–H and O–H groups in total. The van der Waals surface area contributed by atoms with Crippen LogP contribution in [-0.2, 0) is 14.3 Å². The van der Waals surface area contributed by atoms with Gasteiger partial charge in [0.1, 0.15) is 18.1 Å². The molecule has 0 bridgehead atoms. The summed E-state index contributed by atoms with van der Waals surface area (Å²) < 4.78 is 11.3. The van der Waals surface area contributed by atoms with Crippen LogP contribution in [0, 0.1) is 12.3 Å². The first-order chi connectivity index (χ1) is 19.9. The zero-order chi connectivity index (χ0) is 29.1. The number of ether oxygens (including phenoxy) is 2. The second-order valence-corrected chi connectivity index (χ2v) is 10.0. The van der Waals surface area contributed by atoms with E-state index in [0.29, 0.717) is 35.4 Å². The molecular weight excluding hydrogens is 514 g/mol. The van der Waals surface area contributed by atoms with Crippen LogP contribution in [0.3, 0.4) is 0 Å². The van der Waals surface area contributed by atoms with Crippen molar-refractivity contribution < 1.29 is 19.1 Å². The number of hydrogen-bond donors (Lipinski definition) is 2. The molecular formula is C34H31N3O4.